The van der Waals surface area contributed by atoms with Gasteiger partial charge in [-0.25, -0.2) is 0 Å². The van der Waals surface area contributed by atoms with Crippen LogP contribution in [0.1, 0.15) is 32.0 Å². The molecule has 0 saturated carbocycles. The molecule has 0 aliphatic rings. The van der Waals surface area contributed by atoms with Crippen molar-refractivity contribution in [3.05, 3.63) is 11.3 Å². The second-order valence-electron chi connectivity index (χ2n) is 5.04. The van der Waals surface area contributed by atoms with E-state index in [2.05, 4.69) is 5.10 Å². The number of carboxylic acids is 1. The van der Waals surface area contributed by atoms with Crippen LogP contribution in [0.25, 0.3) is 0 Å². The molecule has 0 aromatic carbocycles. The molecule has 1 N–H and O–H groups in total. The zero-order chi connectivity index (χ0) is 15.0. The molecule has 0 fully saturated rings. The van der Waals surface area contributed by atoms with E-state index in [1.165, 1.54) is 11.6 Å². The minimum Gasteiger partial charge on any atom is -0.481 e. The van der Waals surface area contributed by atoms with Gasteiger partial charge in [0.15, 0.2) is 5.69 Å². The maximum Gasteiger partial charge on any atom is 0.435 e. The average Bonchev–Trinajstić information content (AvgIpc) is 2.51. The van der Waals surface area contributed by atoms with E-state index in [-0.39, 0.29) is 16.3 Å². The zero-order valence-corrected chi connectivity index (χ0v) is 11.8. The van der Waals surface area contributed by atoms with E-state index in [0.29, 0.717) is 0 Å². The molecule has 0 aliphatic carbocycles. The summed E-state index contributed by atoms with van der Waals surface area (Å²) in [6.45, 7) is 6.45. The number of aliphatic carboxylic acids is 1. The Bertz CT molecular complexity index is 489. The molecule has 0 saturated heterocycles. The number of thioether (sulfide) groups is 1. The summed E-state index contributed by atoms with van der Waals surface area (Å²) in [5, 5.41) is 12.5. The number of aromatic nitrogens is 2. The van der Waals surface area contributed by atoms with Crippen molar-refractivity contribution in [2.24, 2.45) is 0 Å². The smallest absolute Gasteiger partial charge is 0.435 e. The maximum atomic E-state index is 12.8. The molecule has 19 heavy (non-hydrogen) atoms. The molecule has 0 atom stereocenters. The van der Waals surface area contributed by atoms with E-state index in [1.54, 1.807) is 20.8 Å². The fraction of sp³-hybridized carbons (Fsp3) is 0.636. The molecule has 1 aromatic rings. The van der Waals surface area contributed by atoms with Crippen LogP contribution >= 0.6 is 11.8 Å². The summed E-state index contributed by atoms with van der Waals surface area (Å²) >= 11 is 0.847. The van der Waals surface area contributed by atoms with Gasteiger partial charge in [0.05, 0.1) is 16.3 Å². The second kappa shape index (κ2) is 5.07. The monoisotopic (exact) mass is 296 g/mol. The van der Waals surface area contributed by atoms with Crippen molar-refractivity contribution in [3.8, 4) is 0 Å². The molecular weight excluding hydrogens is 281 g/mol. The van der Waals surface area contributed by atoms with E-state index in [0.717, 1.165) is 11.8 Å². The Morgan fingerprint density at radius 3 is 2.26 bits per heavy atom. The second-order valence-corrected chi connectivity index (χ2v) is 6.01. The van der Waals surface area contributed by atoms with E-state index >= 15 is 0 Å². The molecule has 0 aliphatic heterocycles. The summed E-state index contributed by atoms with van der Waals surface area (Å²) in [6, 6.07) is 0. The van der Waals surface area contributed by atoms with Gasteiger partial charge in [0.25, 0.3) is 0 Å². The molecule has 1 rings (SSSR count). The van der Waals surface area contributed by atoms with Gasteiger partial charge in [-0.15, -0.1) is 0 Å². The van der Waals surface area contributed by atoms with Crippen LogP contribution in [-0.4, -0.2) is 26.6 Å². The number of rotatable bonds is 3. The Balaban J connectivity index is 3.33. The van der Waals surface area contributed by atoms with E-state index in [4.69, 9.17) is 5.11 Å². The van der Waals surface area contributed by atoms with E-state index in [9.17, 15) is 18.0 Å². The normalized spacial score (nSPS) is 12.8. The summed E-state index contributed by atoms with van der Waals surface area (Å²) < 4.78 is 39.7. The van der Waals surface area contributed by atoms with Crippen molar-refractivity contribution in [1.82, 2.24) is 9.78 Å². The zero-order valence-electron chi connectivity index (χ0n) is 11.0. The SMILES string of the molecule is Cc1c(C(F)(F)F)nn(C(C)(C)C)c1SCC(=O)O. The largest absolute Gasteiger partial charge is 0.481 e. The van der Waals surface area contributed by atoms with Gasteiger partial charge < -0.3 is 5.11 Å². The van der Waals surface area contributed by atoms with Crippen LogP contribution < -0.4 is 0 Å². The fourth-order valence-electron chi connectivity index (χ4n) is 1.50. The summed E-state index contributed by atoms with van der Waals surface area (Å²) in [5.74, 6) is -1.39. The number of nitrogens with zero attached hydrogens (tertiary/aromatic N) is 2. The topological polar surface area (TPSA) is 55.1 Å². The lowest BCUT2D eigenvalue weighted by Crippen LogP contribution is -2.25. The van der Waals surface area contributed by atoms with Crippen molar-refractivity contribution in [2.45, 2.75) is 44.4 Å². The number of halogens is 3. The molecular formula is C11H15F3N2O2S. The number of carbonyl (C=O) groups is 1. The highest BCUT2D eigenvalue weighted by Crippen LogP contribution is 2.37. The molecule has 0 bridgehead atoms. The molecule has 1 aromatic heterocycles. The van der Waals surface area contributed by atoms with Gasteiger partial charge in [0, 0.05) is 5.56 Å². The Hall–Kier alpha value is -1.18. The van der Waals surface area contributed by atoms with Gasteiger partial charge in [-0.1, -0.05) is 11.8 Å². The van der Waals surface area contributed by atoms with Gasteiger partial charge in [-0.3, -0.25) is 9.48 Å². The molecule has 0 amide bonds. The number of hydrogen-bond acceptors (Lipinski definition) is 3. The van der Waals surface area contributed by atoms with Crippen LogP contribution in [0.5, 0.6) is 0 Å². The number of hydrogen-bond donors (Lipinski definition) is 1. The first-order valence-corrected chi connectivity index (χ1v) is 6.45. The van der Waals surface area contributed by atoms with Gasteiger partial charge in [0.2, 0.25) is 0 Å². The van der Waals surface area contributed by atoms with Crippen LogP contribution in [-0.2, 0) is 16.5 Å². The van der Waals surface area contributed by atoms with Crippen LogP contribution in [0.15, 0.2) is 5.03 Å². The van der Waals surface area contributed by atoms with Crippen LogP contribution in [0, 0.1) is 6.92 Å². The average molecular weight is 296 g/mol. The minimum absolute atomic E-state index is 0.0336. The number of carboxylic acid groups (broad SMARTS) is 1. The van der Waals surface area contributed by atoms with Crippen LogP contribution in [0.4, 0.5) is 13.2 Å². The highest BCUT2D eigenvalue weighted by atomic mass is 32.2. The highest BCUT2D eigenvalue weighted by Gasteiger charge is 2.39. The third-order valence-corrected chi connectivity index (χ3v) is 3.45. The third-order valence-electron chi connectivity index (χ3n) is 2.30. The van der Waals surface area contributed by atoms with Crippen LogP contribution in [0.2, 0.25) is 0 Å². The summed E-state index contributed by atoms with van der Waals surface area (Å²) in [4.78, 5) is 10.6. The van der Waals surface area contributed by atoms with E-state index in [1.807, 2.05) is 0 Å². The molecule has 1 heterocycles. The lowest BCUT2D eigenvalue weighted by molar-refractivity contribution is -0.142. The molecule has 108 valence electrons. The highest BCUT2D eigenvalue weighted by molar-refractivity contribution is 7.99. The predicted molar refractivity (Wildman–Crippen MR) is 65.3 cm³/mol. The summed E-state index contributed by atoms with van der Waals surface area (Å²) in [6.07, 6.45) is -4.54. The first-order valence-electron chi connectivity index (χ1n) is 5.46. The Morgan fingerprint density at radius 2 is 1.89 bits per heavy atom. The van der Waals surface area contributed by atoms with Crippen molar-refractivity contribution in [3.63, 3.8) is 0 Å². The quantitative estimate of drug-likeness (QED) is 0.871. The van der Waals surface area contributed by atoms with Crippen molar-refractivity contribution in [1.29, 1.82) is 0 Å². The van der Waals surface area contributed by atoms with Gasteiger partial charge in [-0.2, -0.15) is 18.3 Å². The predicted octanol–water partition coefficient (Wildman–Crippen LogP) is 3.14. The summed E-state index contributed by atoms with van der Waals surface area (Å²) in [5.41, 5.74) is -1.65. The van der Waals surface area contributed by atoms with Crippen molar-refractivity contribution >= 4 is 17.7 Å². The first kappa shape index (κ1) is 15.9. The standard InChI is InChI=1S/C11H15F3N2O2S/c1-6-8(11(12,13)14)15-16(10(2,3)4)9(6)19-5-7(17)18/h5H2,1-4H3,(H,17,18). The lowest BCUT2D eigenvalue weighted by atomic mass is 10.1. The lowest BCUT2D eigenvalue weighted by Gasteiger charge is -2.22. The Labute approximate surface area is 113 Å². The Kier molecular flexibility index (Phi) is 4.23. The first-order chi connectivity index (χ1) is 8.44. The molecule has 8 heteroatoms. The van der Waals surface area contributed by atoms with Gasteiger partial charge in [0.1, 0.15) is 0 Å². The minimum atomic E-state index is -4.54. The van der Waals surface area contributed by atoms with Crippen molar-refractivity contribution in [2.75, 3.05) is 5.75 Å². The molecule has 0 unspecified atom stereocenters. The van der Waals surface area contributed by atoms with Crippen LogP contribution in [0.3, 0.4) is 0 Å². The number of alkyl halides is 3. The summed E-state index contributed by atoms with van der Waals surface area (Å²) in [7, 11) is 0. The maximum absolute atomic E-state index is 12.8. The van der Waals surface area contributed by atoms with Gasteiger partial charge >= 0.3 is 12.1 Å². The van der Waals surface area contributed by atoms with E-state index < -0.39 is 23.4 Å². The molecule has 0 spiro atoms. The third kappa shape index (κ3) is 3.65. The van der Waals surface area contributed by atoms with Crippen molar-refractivity contribution < 1.29 is 23.1 Å². The Morgan fingerprint density at radius 1 is 1.37 bits per heavy atom. The fourth-order valence-corrected chi connectivity index (χ4v) is 2.51. The van der Waals surface area contributed by atoms with Gasteiger partial charge in [-0.05, 0) is 27.7 Å². The molecule has 0 radical (unpaired) electrons. The molecule has 4 nitrogen and oxygen atoms in total.